The van der Waals surface area contributed by atoms with Crippen molar-refractivity contribution >= 4 is 51.5 Å². The lowest BCUT2D eigenvalue weighted by atomic mass is 10.1. The lowest BCUT2D eigenvalue weighted by molar-refractivity contribution is -0.116. The van der Waals surface area contributed by atoms with Crippen LogP contribution in [0.3, 0.4) is 0 Å². The Labute approximate surface area is 147 Å². The predicted molar refractivity (Wildman–Crippen MR) is 92.6 cm³/mol. The van der Waals surface area contributed by atoms with E-state index in [2.05, 4.69) is 10.2 Å². The third kappa shape index (κ3) is 4.10. The van der Waals surface area contributed by atoms with Crippen molar-refractivity contribution in [1.29, 1.82) is 0 Å². The minimum absolute atomic E-state index is 0.00836. The van der Waals surface area contributed by atoms with Crippen molar-refractivity contribution in [3.05, 3.63) is 34.9 Å². The Bertz CT molecular complexity index is 729. The molecule has 1 saturated carbocycles. The molecule has 0 N–H and O–H groups in total. The normalized spacial score (nSPS) is 13.8. The minimum atomic E-state index is -0.0163. The van der Waals surface area contributed by atoms with E-state index in [4.69, 9.17) is 11.6 Å². The highest BCUT2D eigenvalue weighted by Gasteiger charge is 2.34. The maximum absolute atomic E-state index is 12.1. The van der Waals surface area contributed by atoms with Gasteiger partial charge in [0.2, 0.25) is 11.0 Å². The Morgan fingerprint density at radius 1 is 1.30 bits per heavy atom. The monoisotopic (exact) mass is 367 g/mol. The summed E-state index contributed by atoms with van der Waals surface area (Å²) >= 11 is 8.50. The van der Waals surface area contributed by atoms with E-state index in [1.54, 1.807) is 29.2 Å². The molecule has 1 fully saturated rings. The minimum Gasteiger partial charge on any atom is -0.293 e. The molecule has 0 radical (unpaired) electrons. The third-order valence-corrected chi connectivity index (χ3v) is 5.65. The number of carbonyl (C=O) groups excluding carboxylic acids is 2. The van der Waals surface area contributed by atoms with E-state index in [-0.39, 0.29) is 23.5 Å². The average molecular weight is 368 g/mol. The van der Waals surface area contributed by atoms with Gasteiger partial charge in [-0.15, -0.1) is 10.2 Å². The smallest absolute Gasteiger partial charge is 0.225 e. The highest BCUT2D eigenvalue weighted by Crippen LogP contribution is 2.35. The van der Waals surface area contributed by atoms with Gasteiger partial charge in [0.05, 0.1) is 5.75 Å². The Hall–Kier alpha value is -1.44. The van der Waals surface area contributed by atoms with Crippen LogP contribution in [0.15, 0.2) is 28.6 Å². The van der Waals surface area contributed by atoms with Crippen LogP contribution in [0.5, 0.6) is 0 Å². The molecule has 1 aliphatic carbocycles. The maximum atomic E-state index is 12.1. The van der Waals surface area contributed by atoms with Crippen molar-refractivity contribution in [3.63, 3.8) is 0 Å². The highest BCUT2D eigenvalue weighted by molar-refractivity contribution is 8.01. The fourth-order valence-electron chi connectivity index (χ4n) is 2.09. The van der Waals surface area contributed by atoms with E-state index in [1.165, 1.54) is 30.0 Å². The summed E-state index contributed by atoms with van der Waals surface area (Å²) in [6.45, 7) is 1.54. The predicted octanol–water partition coefficient (Wildman–Crippen LogP) is 3.68. The van der Waals surface area contributed by atoms with E-state index >= 15 is 0 Å². The molecular weight excluding hydrogens is 354 g/mol. The third-order valence-electron chi connectivity index (χ3n) is 3.35. The summed E-state index contributed by atoms with van der Waals surface area (Å²) < 4.78 is 0.689. The van der Waals surface area contributed by atoms with E-state index in [0.717, 1.165) is 12.8 Å². The van der Waals surface area contributed by atoms with Gasteiger partial charge in [-0.1, -0.05) is 34.7 Å². The van der Waals surface area contributed by atoms with Crippen molar-refractivity contribution in [2.75, 3.05) is 10.7 Å². The first-order valence-electron chi connectivity index (χ1n) is 7.09. The Morgan fingerprint density at radius 2 is 2.00 bits per heavy atom. The molecule has 3 rings (SSSR count). The molecule has 5 nitrogen and oxygen atoms in total. The standard InChI is InChI=1S/C15H14ClN3O2S2/c1-9(20)19(12-6-7-12)14-17-18-15(23-14)22-8-13(21)10-2-4-11(16)5-3-10/h2-5,12H,6-8H2,1H3. The lowest BCUT2D eigenvalue weighted by Crippen LogP contribution is -2.30. The number of amides is 1. The fraction of sp³-hybridized carbons (Fsp3) is 0.333. The number of Topliss-reactive ketones (excluding diaryl/α,β-unsaturated/α-hetero) is 1. The number of benzene rings is 1. The van der Waals surface area contributed by atoms with Crippen molar-refractivity contribution < 1.29 is 9.59 Å². The molecule has 2 aromatic rings. The molecule has 120 valence electrons. The Kier molecular flexibility index (Phi) is 4.99. The highest BCUT2D eigenvalue weighted by atomic mass is 35.5. The first kappa shape index (κ1) is 16.4. The van der Waals surface area contributed by atoms with E-state index in [1.807, 2.05) is 0 Å². The molecule has 1 heterocycles. The van der Waals surface area contributed by atoms with Crippen molar-refractivity contribution in [2.24, 2.45) is 0 Å². The van der Waals surface area contributed by atoms with Crippen LogP contribution >= 0.6 is 34.7 Å². The van der Waals surface area contributed by atoms with Crippen molar-refractivity contribution in [1.82, 2.24) is 10.2 Å². The largest absolute Gasteiger partial charge is 0.293 e. The number of ketones is 1. The van der Waals surface area contributed by atoms with Gasteiger partial charge in [-0.2, -0.15) is 0 Å². The van der Waals surface area contributed by atoms with Gasteiger partial charge in [-0.3, -0.25) is 14.5 Å². The molecular formula is C15H14ClN3O2S2. The first-order valence-corrected chi connectivity index (χ1v) is 9.27. The van der Waals surface area contributed by atoms with Gasteiger partial charge in [-0.25, -0.2) is 0 Å². The molecule has 0 saturated heterocycles. The molecule has 0 unspecified atom stereocenters. The lowest BCUT2D eigenvalue weighted by Gasteiger charge is -2.15. The summed E-state index contributed by atoms with van der Waals surface area (Å²) in [5.74, 6) is 0.270. The second-order valence-electron chi connectivity index (χ2n) is 5.19. The molecule has 0 bridgehead atoms. The summed E-state index contributed by atoms with van der Waals surface area (Å²) in [6.07, 6.45) is 2.02. The number of nitrogens with zero attached hydrogens (tertiary/aromatic N) is 3. The topological polar surface area (TPSA) is 63.2 Å². The zero-order chi connectivity index (χ0) is 16.4. The summed E-state index contributed by atoms with van der Waals surface area (Å²) in [5.41, 5.74) is 0.620. The number of halogens is 1. The van der Waals surface area contributed by atoms with E-state index in [9.17, 15) is 9.59 Å². The SMILES string of the molecule is CC(=O)N(c1nnc(SCC(=O)c2ccc(Cl)cc2)s1)C1CC1. The molecule has 1 amide bonds. The Balaban J connectivity index is 1.61. The Morgan fingerprint density at radius 3 is 2.61 bits per heavy atom. The van der Waals surface area contributed by atoms with Gasteiger partial charge >= 0.3 is 0 Å². The number of anilines is 1. The van der Waals surface area contributed by atoms with Crippen LogP contribution in [0.25, 0.3) is 0 Å². The molecule has 0 spiro atoms. The van der Waals surface area contributed by atoms with Crippen LogP contribution in [0.2, 0.25) is 5.02 Å². The summed E-state index contributed by atoms with van der Waals surface area (Å²) in [7, 11) is 0. The summed E-state index contributed by atoms with van der Waals surface area (Å²) in [4.78, 5) is 25.5. The van der Waals surface area contributed by atoms with Gasteiger partial charge in [0, 0.05) is 23.6 Å². The van der Waals surface area contributed by atoms with Gasteiger partial charge in [0.1, 0.15) is 0 Å². The second kappa shape index (κ2) is 6.98. The number of aromatic nitrogens is 2. The van der Waals surface area contributed by atoms with E-state index < -0.39 is 0 Å². The second-order valence-corrected chi connectivity index (χ2v) is 7.80. The summed E-state index contributed by atoms with van der Waals surface area (Å²) in [5, 5.41) is 9.38. The van der Waals surface area contributed by atoms with Gasteiger partial charge < -0.3 is 0 Å². The van der Waals surface area contributed by atoms with E-state index in [0.29, 0.717) is 20.1 Å². The summed E-state index contributed by atoms with van der Waals surface area (Å²) in [6, 6.07) is 7.07. The fourth-order valence-corrected chi connectivity index (χ4v) is 4.06. The zero-order valence-electron chi connectivity index (χ0n) is 12.4. The number of rotatable bonds is 6. The molecule has 0 atom stereocenters. The van der Waals surface area contributed by atoms with Crippen LogP contribution in [-0.4, -0.2) is 33.7 Å². The van der Waals surface area contributed by atoms with Crippen LogP contribution in [0.4, 0.5) is 5.13 Å². The number of hydrogen-bond donors (Lipinski definition) is 0. The van der Waals surface area contributed by atoms with Crippen molar-refractivity contribution in [2.45, 2.75) is 30.1 Å². The average Bonchev–Trinajstić information content (AvgIpc) is 3.23. The van der Waals surface area contributed by atoms with Gasteiger partial charge in [0.15, 0.2) is 10.1 Å². The zero-order valence-corrected chi connectivity index (χ0v) is 14.7. The molecule has 1 aromatic carbocycles. The molecule has 1 aromatic heterocycles. The number of carbonyl (C=O) groups is 2. The van der Waals surface area contributed by atoms with Crippen LogP contribution in [-0.2, 0) is 4.79 Å². The quantitative estimate of drug-likeness (QED) is 0.442. The number of hydrogen-bond acceptors (Lipinski definition) is 6. The first-order chi connectivity index (χ1) is 11.0. The maximum Gasteiger partial charge on any atom is 0.225 e. The molecule has 8 heteroatoms. The molecule has 1 aliphatic rings. The van der Waals surface area contributed by atoms with Crippen LogP contribution < -0.4 is 4.90 Å². The molecule has 0 aliphatic heterocycles. The van der Waals surface area contributed by atoms with Crippen LogP contribution in [0, 0.1) is 0 Å². The van der Waals surface area contributed by atoms with Gasteiger partial charge in [0.25, 0.3) is 0 Å². The van der Waals surface area contributed by atoms with Crippen LogP contribution in [0.1, 0.15) is 30.1 Å². The van der Waals surface area contributed by atoms with Gasteiger partial charge in [-0.05, 0) is 37.1 Å². The van der Waals surface area contributed by atoms with Crippen molar-refractivity contribution in [3.8, 4) is 0 Å². The number of thioether (sulfide) groups is 1. The molecule has 23 heavy (non-hydrogen) atoms.